The fourth-order valence-corrected chi connectivity index (χ4v) is 5.92. The summed E-state index contributed by atoms with van der Waals surface area (Å²) in [5.74, 6) is 0. The molecule has 66 valence electrons. The largest absolute Gasteiger partial charge is 0.109 e. The van der Waals surface area contributed by atoms with E-state index in [2.05, 4.69) is 113 Å². The Kier molecular flexibility index (Phi) is 5.39. The monoisotopic (exact) mass is 714 g/mol. The molecule has 0 aromatic heterocycles. The summed E-state index contributed by atoms with van der Waals surface area (Å²) in [4.78, 5) is 0. The number of alkyl halides is 5. The van der Waals surface area contributed by atoms with Gasteiger partial charge in [0, 0.05) is 3.92 Å². The van der Waals surface area contributed by atoms with E-state index in [4.69, 9.17) is 0 Å². The molecule has 11 heavy (non-hydrogen) atoms. The molecule has 0 aromatic rings. The van der Waals surface area contributed by atoms with Crippen molar-refractivity contribution in [3.63, 3.8) is 0 Å². The standard InChI is InChI=1S/C6H7I5/c7-4-2-1-3-5(8,9)6(4,10)11/h4H,1-3H2. The molecule has 0 aliphatic heterocycles. The second kappa shape index (κ2) is 4.66. The lowest BCUT2D eigenvalue weighted by Gasteiger charge is -2.42. The summed E-state index contributed by atoms with van der Waals surface area (Å²) < 4.78 is 1.71. The van der Waals surface area contributed by atoms with E-state index in [9.17, 15) is 0 Å². The smallest absolute Gasteiger partial charge is 0.0802 e. The zero-order valence-electron chi connectivity index (χ0n) is 5.59. The molecule has 1 aliphatic carbocycles. The number of halogens is 5. The van der Waals surface area contributed by atoms with Crippen LogP contribution in [0.15, 0.2) is 0 Å². The van der Waals surface area contributed by atoms with Gasteiger partial charge in [0.1, 0.15) is 1.43 Å². The number of hydrogen-bond donors (Lipinski definition) is 0. The van der Waals surface area contributed by atoms with Crippen LogP contribution in [-0.2, 0) is 0 Å². The van der Waals surface area contributed by atoms with Gasteiger partial charge in [-0.1, -0.05) is 119 Å². The van der Waals surface area contributed by atoms with E-state index in [1.807, 2.05) is 0 Å². The Balaban J connectivity index is 2.82. The van der Waals surface area contributed by atoms with Gasteiger partial charge in [-0.25, -0.2) is 0 Å². The van der Waals surface area contributed by atoms with Gasteiger partial charge in [0.2, 0.25) is 0 Å². The van der Waals surface area contributed by atoms with Gasteiger partial charge in [-0.2, -0.15) is 0 Å². The second-order valence-electron chi connectivity index (χ2n) is 2.69. The van der Waals surface area contributed by atoms with Crippen LogP contribution in [0.25, 0.3) is 0 Å². The normalized spacial score (nSPS) is 35.2. The van der Waals surface area contributed by atoms with Crippen molar-refractivity contribution >= 4 is 113 Å². The molecule has 0 spiro atoms. The van der Waals surface area contributed by atoms with E-state index in [-0.39, 0.29) is 0 Å². The Morgan fingerprint density at radius 3 is 2.00 bits per heavy atom. The van der Waals surface area contributed by atoms with E-state index in [0.29, 0.717) is 2.86 Å². The molecule has 0 saturated heterocycles. The van der Waals surface area contributed by atoms with Crippen molar-refractivity contribution < 1.29 is 0 Å². The molecule has 1 rings (SSSR count). The van der Waals surface area contributed by atoms with E-state index in [1.165, 1.54) is 19.3 Å². The highest BCUT2D eigenvalue weighted by molar-refractivity contribution is 14.2. The fraction of sp³-hybridized carbons (Fsp3) is 1.00. The molecule has 0 amide bonds. The molecule has 1 saturated carbocycles. The lowest BCUT2D eigenvalue weighted by Crippen LogP contribution is -2.44. The van der Waals surface area contributed by atoms with Crippen molar-refractivity contribution in [3.8, 4) is 0 Å². The Bertz CT molecular complexity index is 153. The Hall–Kier alpha value is 3.65. The minimum Gasteiger partial charge on any atom is -0.0802 e. The van der Waals surface area contributed by atoms with Crippen molar-refractivity contribution in [2.75, 3.05) is 0 Å². The maximum Gasteiger partial charge on any atom is 0.109 e. The molecule has 0 N–H and O–H groups in total. The first-order chi connectivity index (χ1) is 4.88. The molecule has 0 nitrogen and oxygen atoms in total. The van der Waals surface area contributed by atoms with Crippen LogP contribution >= 0.6 is 113 Å². The fourth-order valence-electron chi connectivity index (χ4n) is 1.08. The van der Waals surface area contributed by atoms with Crippen molar-refractivity contribution in [1.29, 1.82) is 0 Å². The summed E-state index contributed by atoms with van der Waals surface area (Å²) in [5, 5.41) is 0. The molecule has 5 heteroatoms. The van der Waals surface area contributed by atoms with E-state index in [0.717, 1.165) is 3.92 Å². The third-order valence-corrected chi connectivity index (χ3v) is 16.0. The summed E-state index contributed by atoms with van der Waals surface area (Å²) in [5.41, 5.74) is 0. The number of rotatable bonds is 0. The Morgan fingerprint density at radius 1 is 1.09 bits per heavy atom. The van der Waals surface area contributed by atoms with Crippen molar-refractivity contribution in [3.05, 3.63) is 0 Å². The van der Waals surface area contributed by atoms with Gasteiger partial charge in [0.15, 0.2) is 0 Å². The molecule has 1 fully saturated rings. The summed E-state index contributed by atoms with van der Waals surface area (Å²) in [6.07, 6.45) is 4.15. The van der Waals surface area contributed by atoms with Crippen LogP contribution < -0.4 is 0 Å². The zero-order valence-corrected chi connectivity index (χ0v) is 16.4. The van der Waals surface area contributed by atoms with Gasteiger partial charge in [-0.15, -0.1) is 0 Å². The summed E-state index contributed by atoms with van der Waals surface area (Å²) in [6.45, 7) is 0. The van der Waals surface area contributed by atoms with E-state index >= 15 is 0 Å². The first-order valence-electron chi connectivity index (χ1n) is 3.27. The van der Waals surface area contributed by atoms with Crippen molar-refractivity contribution in [2.45, 2.75) is 26.0 Å². The maximum absolute atomic E-state index is 2.62. The SMILES string of the molecule is IC1CCCC(I)(I)C1(I)I. The first kappa shape index (κ1) is 12.7. The van der Waals surface area contributed by atoms with Crippen LogP contribution in [0.4, 0.5) is 0 Å². The summed E-state index contributed by atoms with van der Waals surface area (Å²) in [7, 11) is 0. The van der Waals surface area contributed by atoms with E-state index < -0.39 is 0 Å². The van der Waals surface area contributed by atoms with E-state index in [1.54, 1.807) is 0 Å². The molecule has 0 bridgehead atoms. The van der Waals surface area contributed by atoms with Gasteiger partial charge >= 0.3 is 0 Å². The molecule has 1 aliphatic rings. The van der Waals surface area contributed by atoms with Gasteiger partial charge in [0.25, 0.3) is 0 Å². The van der Waals surface area contributed by atoms with Crippen molar-refractivity contribution in [2.24, 2.45) is 0 Å². The average molecular weight is 714 g/mol. The predicted octanol–water partition coefficient (Wildman–Crippen LogP) is 5.11. The topological polar surface area (TPSA) is 0 Å². The van der Waals surface area contributed by atoms with Gasteiger partial charge in [0.05, 0.1) is 1.43 Å². The second-order valence-corrected chi connectivity index (χ2v) is 15.4. The molecule has 0 aromatic carbocycles. The Morgan fingerprint density at radius 2 is 1.64 bits per heavy atom. The lowest BCUT2D eigenvalue weighted by molar-refractivity contribution is 0.554. The third kappa shape index (κ3) is 2.82. The molecule has 1 unspecified atom stereocenters. The van der Waals surface area contributed by atoms with Gasteiger partial charge in [-0.3, -0.25) is 0 Å². The quantitative estimate of drug-likeness (QED) is 0.242. The maximum atomic E-state index is 2.62. The highest BCUT2D eigenvalue weighted by Gasteiger charge is 2.51. The van der Waals surface area contributed by atoms with Crippen LogP contribution in [0.1, 0.15) is 19.3 Å². The lowest BCUT2D eigenvalue weighted by atomic mass is 10.0. The first-order valence-corrected chi connectivity index (χ1v) is 8.84. The van der Waals surface area contributed by atoms with Crippen LogP contribution in [-0.4, -0.2) is 6.78 Å². The zero-order chi connectivity index (χ0) is 8.70. The highest BCUT2D eigenvalue weighted by Crippen LogP contribution is 2.59. The van der Waals surface area contributed by atoms with Crippen LogP contribution in [0, 0.1) is 0 Å². The summed E-state index contributed by atoms with van der Waals surface area (Å²) >= 11 is 13.1. The minimum absolute atomic E-state index is 0.433. The van der Waals surface area contributed by atoms with Gasteiger partial charge < -0.3 is 0 Å². The van der Waals surface area contributed by atoms with Crippen LogP contribution in [0.2, 0.25) is 0 Å². The van der Waals surface area contributed by atoms with Crippen molar-refractivity contribution in [1.82, 2.24) is 0 Å². The molecular weight excluding hydrogens is 707 g/mol. The average Bonchev–Trinajstić information content (AvgIpc) is 1.84. The molecule has 1 atom stereocenters. The molecule has 0 heterocycles. The summed E-state index contributed by atoms with van der Waals surface area (Å²) in [6, 6.07) is 0. The van der Waals surface area contributed by atoms with Crippen LogP contribution in [0.5, 0.6) is 0 Å². The number of hydrogen-bond acceptors (Lipinski definition) is 0. The highest BCUT2D eigenvalue weighted by atomic mass is 127. The predicted molar refractivity (Wildman–Crippen MR) is 93.2 cm³/mol. The molecular formula is C6H7I5. The van der Waals surface area contributed by atoms with Crippen LogP contribution in [0.3, 0.4) is 0 Å². The minimum atomic E-state index is 0.433. The molecule has 0 radical (unpaired) electrons. The third-order valence-electron chi connectivity index (χ3n) is 1.83. The Labute approximate surface area is 136 Å². The van der Waals surface area contributed by atoms with Gasteiger partial charge in [-0.05, 0) is 12.8 Å².